The zero-order valence-corrected chi connectivity index (χ0v) is 10.5. The number of aromatic nitrogens is 2. The van der Waals surface area contributed by atoms with E-state index in [1.807, 2.05) is 6.07 Å². The van der Waals surface area contributed by atoms with Crippen LogP contribution in [0.5, 0.6) is 0 Å². The van der Waals surface area contributed by atoms with Crippen molar-refractivity contribution in [3.63, 3.8) is 0 Å². The van der Waals surface area contributed by atoms with Gasteiger partial charge in [-0.15, -0.1) is 0 Å². The summed E-state index contributed by atoms with van der Waals surface area (Å²) in [7, 11) is 0. The van der Waals surface area contributed by atoms with Crippen molar-refractivity contribution in [1.29, 1.82) is 0 Å². The highest BCUT2D eigenvalue weighted by Crippen LogP contribution is 2.17. The molecule has 0 spiro atoms. The van der Waals surface area contributed by atoms with Crippen molar-refractivity contribution in [2.75, 3.05) is 5.32 Å². The van der Waals surface area contributed by atoms with E-state index in [0.29, 0.717) is 5.95 Å². The molecule has 0 aliphatic carbocycles. The third-order valence-electron chi connectivity index (χ3n) is 3.17. The van der Waals surface area contributed by atoms with Gasteiger partial charge in [0.25, 0.3) is 0 Å². The molecule has 0 bridgehead atoms. The van der Waals surface area contributed by atoms with Gasteiger partial charge in [-0.3, -0.25) is 0 Å². The predicted molar refractivity (Wildman–Crippen MR) is 70.0 cm³/mol. The smallest absolute Gasteiger partial charge is 0.222 e. The Bertz CT molecular complexity index is 506. The molecule has 3 heteroatoms. The number of hydrogen-bond donors (Lipinski definition) is 1. The van der Waals surface area contributed by atoms with Gasteiger partial charge in [0.05, 0.1) is 0 Å². The van der Waals surface area contributed by atoms with Crippen LogP contribution in [0.25, 0.3) is 0 Å². The van der Waals surface area contributed by atoms with Gasteiger partial charge < -0.3 is 5.32 Å². The van der Waals surface area contributed by atoms with E-state index in [-0.39, 0.29) is 0 Å². The van der Waals surface area contributed by atoms with Crippen molar-refractivity contribution in [1.82, 2.24) is 9.97 Å². The Balaban J connectivity index is 2.13. The van der Waals surface area contributed by atoms with Crippen molar-refractivity contribution < 1.29 is 0 Å². The summed E-state index contributed by atoms with van der Waals surface area (Å²) in [5.41, 5.74) is 5.33. The minimum atomic E-state index is 0.671. The van der Waals surface area contributed by atoms with E-state index in [2.05, 4.69) is 48.2 Å². The predicted octanol–water partition coefficient (Wildman–Crippen LogP) is 3.01. The lowest BCUT2D eigenvalue weighted by Crippen LogP contribution is -2.05. The van der Waals surface area contributed by atoms with Crippen LogP contribution in [0.3, 0.4) is 0 Å². The van der Waals surface area contributed by atoms with Crippen molar-refractivity contribution in [3.8, 4) is 0 Å². The molecule has 3 nitrogen and oxygen atoms in total. The standard InChI is InChI=1S/C14H17N3/c1-10-5-6-13(12(3)11(10)2)9-17-14-15-7-4-8-16-14/h4-8H,9H2,1-3H3,(H,15,16,17). The highest BCUT2D eigenvalue weighted by Gasteiger charge is 2.03. The first kappa shape index (κ1) is 11.6. The molecule has 2 rings (SSSR count). The van der Waals surface area contributed by atoms with E-state index in [0.717, 1.165) is 6.54 Å². The fourth-order valence-electron chi connectivity index (χ4n) is 1.77. The zero-order valence-electron chi connectivity index (χ0n) is 10.5. The number of nitrogens with one attached hydrogen (secondary N) is 1. The summed E-state index contributed by atoms with van der Waals surface area (Å²) < 4.78 is 0. The minimum absolute atomic E-state index is 0.671. The molecule has 0 saturated heterocycles. The molecule has 17 heavy (non-hydrogen) atoms. The number of nitrogens with zero attached hydrogens (tertiary/aromatic N) is 2. The topological polar surface area (TPSA) is 37.8 Å². The lowest BCUT2D eigenvalue weighted by Gasteiger charge is -2.11. The lowest BCUT2D eigenvalue weighted by atomic mass is 9.99. The first-order valence-electron chi connectivity index (χ1n) is 5.75. The van der Waals surface area contributed by atoms with Gasteiger partial charge in [0.15, 0.2) is 0 Å². The quantitative estimate of drug-likeness (QED) is 0.875. The summed E-state index contributed by atoms with van der Waals surface area (Å²) in [5, 5.41) is 3.23. The van der Waals surface area contributed by atoms with E-state index in [9.17, 15) is 0 Å². The van der Waals surface area contributed by atoms with Crippen LogP contribution in [0.1, 0.15) is 22.3 Å². The van der Waals surface area contributed by atoms with Crippen LogP contribution in [0.2, 0.25) is 0 Å². The molecule has 88 valence electrons. The van der Waals surface area contributed by atoms with E-state index >= 15 is 0 Å². The number of benzene rings is 1. The van der Waals surface area contributed by atoms with Gasteiger partial charge in [0, 0.05) is 18.9 Å². The average Bonchev–Trinajstić information content (AvgIpc) is 2.36. The summed E-state index contributed by atoms with van der Waals surface area (Å²) in [6.45, 7) is 7.22. The van der Waals surface area contributed by atoms with Gasteiger partial charge in [0.2, 0.25) is 5.95 Å². The maximum atomic E-state index is 4.14. The second-order valence-electron chi connectivity index (χ2n) is 4.22. The van der Waals surface area contributed by atoms with E-state index in [1.54, 1.807) is 12.4 Å². The second-order valence-corrected chi connectivity index (χ2v) is 4.22. The van der Waals surface area contributed by atoms with Gasteiger partial charge in [-0.1, -0.05) is 12.1 Å². The normalized spacial score (nSPS) is 10.3. The van der Waals surface area contributed by atoms with Crippen LogP contribution in [-0.2, 0) is 6.54 Å². The monoisotopic (exact) mass is 227 g/mol. The Kier molecular flexibility index (Phi) is 3.38. The first-order valence-corrected chi connectivity index (χ1v) is 5.75. The Hall–Kier alpha value is -1.90. The summed E-state index contributed by atoms with van der Waals surface area (Å²) in [6.07, 6.45) is 3.48. The molecular weight excluding hydrogens is 210 g/mol. The number of hydrogen-bond acceptors (Lipinski definition) is 3. The summed E-state index contributed by atoms with van der Waals surface area (Å²) in [5.74, 6) is 0.671. The maximum Gasteiger partial charge on any atom is 0.222 e. The summed E-state index contributed by atoms with van der Waals surface area (Å²) in [6, 6.07) is 6.13. The molecule has 0 fully saturated rings. The minimum Gasteiger partial charge on any atom is -0.350 e. The molecule has 1 aromatic heterocycles. The Morgan fingerprint density at radius 3 is 2.41 bits per heavy atom. The molecule has 1 N–H and O–H groups in total. The van der Waals surface area contributed by atoms with E-state index < -0.39 is 0 Å². The Morgan fingerprint density at radius 2 is 1.71 bits per heavy atom. The Morgan fingerprint density at radius 1 is 1.00 bits per heavy atom. The van der Waals surface area contributed by atoms with E-state index in [4.69, 9.17) is 0 Å². The summed E-state index contributed by atoms with van der Waals surface area (Å²) >= 11 is 0. The molecule has 0 saturated carbocycles. The average molecular weight is 227 g/mol. The molecule has 2 aromatic rings. The number of aryl methyl sites for hydroxylation is 1. The Labute approximate surface area is 102 Å². The van der Waals surface area contributed by atoms with Crippen LogP contribution in [-0.4, -0.2) is 9.97 Å². The SMILES string of the molecule is Cc1ccc(CNc2ncccn2)c(C)c1C. The highest BCUT2D eigenvalue weighted by atomic mass is 15.1. The maximum absolute atomic E-state index is 4.14. The highest BCUT2D eigenvalue weighted by molar-refractivity contribution is 5.40. The van der Waals surface area contributed by atoms with Crippen molar-refractivity contribution in [3.05, 3.63) is 52.8 Å². The fraction of sp³-hybridized carbons (Fsp3) is 0.286. The summed E-state index contributed by atoms with van der Waals surface area (Å²) in [4.78, 5) is 8.28. The largest absolute Gasteiger partial charge is 0.350 e. The van der Waals surface area contributed by atoms with Crippen LogP contribution in [0, 0.1) is 20.8 Å². The zero-order chi connectivity index (χ0) is 12.3. The molecule has 1 aromatic carbocycles. The number of anilines is 1. The molecule has 0 atom stereocenters. The fourth-order valence-corrected chi connectivity index (χ4v) is 1.77. The van der Waals surface area contributed by atoms with Gasteiger partial charge in [-0.25, -0.2) is 9.97 Å². The second kappa shape index (κ2) is 4.95. The lowest BCUT2D eigenvalue weighted by molar-refractivity contribution is 1.03. The molecule has 0 aliphatic rings. The van der Waals surface area contributed by atoms with Gasteiger partial charge in [-0.05, 0) is 49.1 Å². The third kappa shape index (κ3) is 2.61. The van der Waals surface area contributed by atoms with Gasteiger partial charge in [0.1, 0.15) is 0 Å². The van der Waals surface area contributed by atoms with E-state index in [1.165, 1.54) is 22.3 Å². The van der Waals surface area contributed by atoms with Crippen LogP contribution in [0.4, 0.5) is 5.95 Å². The van der Waals surface area contributed by atoms with Gasteiger partial charge in [-0.2, -0.15) is 0 Å². The van der Waals surface area contributed by atoms with Crippen molar-refractivity contribution in [2.24, 2.45) is 0 Å². The molecule has 0 unspecified atom stereocenters. The van der Waals surface area contributed by atoms with Crippen molar-refractivity contribution >= 4 is 5.95 Å². The molecule has 1 heterocycles. The first-order chi connectivity index (χ1) is 8.18. The molecule has 0 radical (unpaired) electrons. The van der Waals surface area contributed by atoms with Crippen LogP contribution < -0.4 is 5.32 Å². The molecule has 0 aliphatic heterocycles. The van der Waals surface area contributed by atoms with Crippen LogP contribution in [0.15, 0.2) is 30.6 Å². The third-order valence-corrected chi connectivity index (χ3v) is 3.17. The van der Waals surface area contributed by atoms with Crippen LogP contribution >= 0.6 is 0 Å². The molecule has 0 amide bonds. The van der Waals surface area contributed by atoms with Gasteiger partial charge >= 0.3 is 0 Å². The number of rotatable bonds is 3. The molecular formula is C14H17N3. The van der Waals surface area contributed by atoms with Crippen molar-refractivity contribution in [2.45, 2.75) is 27.3 Å².